The molecule has 3 rings (SSSR count). The molecule has 1 heterocycles. The monoisotopic (exact) mass is 423 g/mol. The van der Waals surface area contributed by atoms with E-state index in [2.05, 4.69) is 10.6 Å². The Labute approximate surface area is 180 Å². The van der Waals surface area contributed by atoms with Gasteiger partial charge in [0.2, 0.25) is 5.91 Å². The first-order valence-electron chi connectivity index (χ1n) is 10.2. The Kier molecular flexibility index (Phi) is 6.69. The summed E-state index contributed by atoms with van der Waals surface area (Å²) in [6.45, 7) is 3.33. The lowest BCUT2D eigenvalue weighted by atomic mass is 9.85. The van der Waals surface area contributed by atoms with E-state index in [9.17, 15) is 19.2 Å². The zero-order chi connectivity index (χ0) is 22.4. The fourth-order valence-corrected chi connectivity index (χ4v) is 3.69. The molecule has 2 aromatic rings. The predicted molar refractivity (Wildman–Crippen MR) is 114 cm³/mol. The van der Waals surface area contributed by atoms with E-state index in [4.69, 9.17) is 4.74 Å². The van der Waals surface area contributed by atoms with Crippen molar-refractivity contribution in [2.75, 3.05) is 18.5 Å². The van der Waals surface area contributed by atoms with Gasteiger partial charge in [0.25, 0.3) is 5.91 Å². The minimum absolute atomic E-state index is 0.194. The Bertz CT molecular complexity index is 992. The van der Waals surface area contributed by atoms with E-state index >= 15 is 0 Å². The van der Waals surface area contributed by atoms with Crippen molar-refractivity contribution in [2.24, 2.45) is 0 Å². The number of carbonyl (C=O) groups is 4. The van der Waals surface area contributed by atoms with Crippen LogP contribution in [-0.4, -0.2) is 41.9 Å². The van der Waals surface area contributed by atoms with Gasteiger partial charge in [-0.2, -0.15) is 0 Å². The number of anilines is 1. The zero-order valence-electron chi connectivity index (χ0n) is 17.5. The summed E-state index contributed by atoms with van der Waals surface area (Å²) in [5.41, 5.74) is -0.0814. The van der Waals surface area contributed by atoms with Gasteiger partial charge in [0.05, 0.1) is 17.9 Å². The van der Waals surface area contributed by atoms with Crippen molar-refractivity contribution in [3.63, 3.8) is 0 Å². The summed E-state index contributed by atoms with van der Waals surface area (Å²) in [6.07, 6.45) is 1.07. The van der Waals surface area contributed by atoms with Crippen LogP contribution < -0.4 is 10.6 Å². The molecule has 8 nitrogen and oxygen atoms in total. The van der Waals surface area contributed by atoms with Crippen LogP contribution in [0.1, 0.15) is 42.6 Å². The van der Waals surface area contributed by atoms with Crippen LogP contribution in [0.25, 0.3) is 0 Å². The van der Waals surface area contributed by atoms with Gasteiger partial charge in [-0.3, -0.25) is 14.5 Å². The summed E-state index contributed by atoms with van der Waals surface area (Å²) in [5.74, 6) is -1.64. The van der Waals surface area contributed by atoms with Crippen LogP contribution in [0.4, 0.5) is 10.5 Å². The van der Waals surface area contributed by atoms with Gasteiger partial charge in [-0.1, -0.05) is 55.8 Å². The summed E-state index contributed by atoms with van der Waals surface area (Å²) >= 11 is 0. The average molecular weight is 423 g/mol. The van der Waals surface area contributed by atoms with E-state index in [-0.39, 0.29) is 17.9 Å². The van der Waals surface area contributed by atoms with Crippen LogP contribution >= 0.6 is 0 Å². The largest absolute Gasteiger partial charge is 0.462 e. The highest BCUT2D eigenvalue weighted by Gasteiger charge is 2.52. The average Bonchev–Trinajstić information content (AvgIpc) is 3.00. The molecule has 1 aliphatic rings. The SMILES string of the molecule is CCC[C@]1(c2ccccc2)NC(=O)N(CC(=O)Nc2ccccc2C(=O)OCC)C1=O. The van der Waals surface area contributed by atoms with Crippen molar-refractivity contribution in [1.29, 1.82) is 0 Å². The number of imide groups is 1. The maximum Gasteiger partial charge on any atom is 0.340 e. The molecular formula is C23H25N3O5. The molecule has 8 heteroatoms. The second-order valence-corrected chi connectivity index (χ2v) is 7.16. The number of amides is 4. The molecule has 4 amide bonds. The number of carbonyl (C=O) groups excluding carboxylic acids is 4. The van der Waals surface area contributed by atoms with Crippen LogP contribution in [0, 0.1) is 0 Å². The number of esters is 1. The van der Waals surface area contributed by atoms with Crippen LogP contribution in [0.2, 0.25) is 0 Å². The van der Waals surface area contributed by atoms with Crippen molar-refractivity contribution in [1.82, 2.24) is 10.2 Å². The molecule has 0 saturated carbocycles. The third-order valence-corrected chi connectivity index (χ3v) is 5.07. The van der Waals surface area contributed by atoms with Gasteiger partial charge >= 0.3 is 12.0 Å². The quantitative estimate of drug-likeness (QED) is 0.502. The summed E-state index contributed by atoms with van der Waals surface area (Å²) in [4.78, 5) is 51.6. The number of nitrogens with zero attached hydrogens (tertiary/aromatic N) is 1. The molecule has 0 aromatic heterocycles. The van der Waals surface area contributed by atoms with E-state index < -0.39 is 35.9 Å². The molecular weight excluding hydrogens is 398 g/mol. The molecule has 2 aromatic carbocycles. The lowest BCUT2D eigenvalue weighted by Crippen LogP contribution is -2.44. The molecule has 1 aliphatic heterocycles. The maximum atomic E-state index is 13.3. The highest BCUT2D eigenvalue weighted by Crippen LogP contribution is 2.33. The summed E-state index contributed by atoms with van der Waals surface area (Å²) in [7, 11) is 0. The van der Waals surface area contributed by atoms with Crippen LogP contribution in [0.5, 0.6) is 0 Å². The van der Waals surface area contributed by atoms with E-state index in [0.717, 1.165) is 4.90 Å². The molecule has 0 bridgehead atoms. The van der Waals surface area contributed by atoms with Crippen LogP contribution in [0.3, 0.4) is 0 Å². The fraction of sp³-hybridized carbons (Fsp3) is 0.304. The van der Waals surface area contributed by atoms with Gasteiger partial charge in [-0.15, -0.1) is 0 Å². The number of nitrogens with one attached hydrogen (secondary N) is 2. The van der Waals surface area contributed by atoms with E-state index in [0.29, 0.717) is 18.4 Å². The Morgan fingerprint density at radius 3 is 2.39 bits per heavy atom. The van der Waals surface area contributed by atoms with E-state index in [1.165, 1.54) is 6.07 Å². The Morgan fingerprint density at radius 2 is 1.71 bits per heavy atom. The molecule has 1 fully saturated rings. The molecule has 2 N–H and O–H groups in total. The summed E-state index contributed by atoms with van der Waals surface area (Å²) in [5, 5.41) is 5.39. The number of rotatable bonds is 8. The third-order valence-electron chi connectivity index (χ3n) is 5.07. The van der Waals surface area contributed by atoms with Gasteiger partial charge < -0.3 is 15.4 Å². The van der Waals surface area contributed by atoms with Gasteiger partial charge in [0, 0.05) is 0 Å². The number of ether oxygens (including phenoxy) is 1. The minimum Gasteiger partial charge on any atom is -0.462 e. The lowest BCUT2D eigenvalue weighted by molar-refractivity contribution is -0.134. The first kappa shape index (κ1) is 22.0. The highest BCUT2D eigenvalue weighted by atomic mass is 16.5. The number of urea groups is 1. The first-order chi connectivity index (χ1) is 14.9. The van der Waals surface area contributed by atoms with Crippen LogP contribution in [0.15, 0.2) is 54.6 Å². The Morgan fingerprint density at radius 1 is 1.03 bits per heavy atom. The molecule has 0 spiro atoms. The van der Waals surface area contributed by atoms with Crippen molar-refractivity contribution in [2.45, 2.75) is 32.2 Å². The van der Waals surface area contributed by atoms with Gasteiger partial charge in [-0.05, 0) is 31.0 Å². The molecule has 0 aliphatic carbocycles. The summed E-state index contributed by atoms with van der Waals surface area (Å²) < 4.78 is 5.00. The first-order valence-corrected chi connectivity index (χ1v) is 10.2. The normalized spacial score (nSPS) is 17.9. The standard InChI is InChI=1S/C23H25N3O5/c1-3-14-23(16-10-6-5-7-11-16)21(29)26(22(30)25-23)15-19(27)24-18-13-9-8-12-17(18)20(28)31-4-2/h5-13H,3-4,14-15H2,1-2H3,(H,24,27)(H,25,30)/t23-/m1/s1. The van der Waals surface area contributed by atoms with E-state index in [1.54, 1.807) is 49.4 Å². The topological polar surface area (TPSA) is 105 Å². The van der Waals surface area contributed by atoms with Gasteiger partial charge in [0.15, 0.2) is 0 Å². The van der Waals surface area contributed by atoms with Crippen molar-refractivity contribution in [3.05, 3.63) is 65.7 Å². The Balaban J connectivity index is 1.79. The molecule has 1 atom stereocenters. The van der Waals surface area contributed by atoms with Crippen LogP contribution in [-0.2, 0) is 19.9 Å². The number of para-hydroxylation sites is 1. The lowest BCUT2D eigenvalue weighted by Gasteiger charge is -2.26. The van der Waals surface area contributed by atoms with Crippen molar-refractivity contribution < 1.29 is 23.9 Å². The number of hydrogen-bond donors (Lipinski definition) is 2. The second kappa shape index (κ2) is 9.42. The van der Waals surface area contributed by atoms with E-state index in [1.807, 2.05) is 13.0 Å². The molecule has 162 valence electrons. The number of benzene rings is 2. The molecule has 31 heavy (non-hydrogen) atoms. The predicted octanol–water partition coefficient (Wildman–Crippen LogP) is 3.05. The zero-order valence-corrected chi connectivity index (χ0v) is 17.5. The second-order valence-electron chi connectivity index (χ2n) is 7.16. The number of hydrogen-bond acceptors (Lipinski definition) is 5. The summed E-state index contributed by atoms with van der Waals surface area (Å²) in [6, 6.07) is 14.8. The molecule has 1 saturated heterocycles. The maximum absolute atomic E-state index is 13.3. The molecule has 0 radical (unpaired) electrons. The fourth-order valence-electron chi connectivity index (χ4n) is 3.69. The smallest absolute Gasteiger partial charge is 0.340 e. The highest BCUT2D eigenvalue weighted by molar-refractivity contribution is 6.11. The third kappa shape index (κ3) is 4.42. The van der Waals surface area contributed by atoms with Crippen molar-refractivity contribution in [3.8, 4) is 0 Å². The van der Waals surface area contributed by atoms with Crippen molar-refractivity contribution >= 4 is 29.5 Å². The van der Waals surface area contributed by atoms with Gasteiger partial charge in [0.1, 0.15) is 12.1 Å². The van der Waals surface area contributed by atoms with Gasteiger partial charge in [-0.25, -0.2) is 9.59 Å². The Hall–Kier alpha value is -3.68. The minimum atomic E-state index is -1.20. The molecule has 0 unspecified atom stereocenters.